The van der Waals surface area contributed by atoms with Gasteiger partial charge in [-0.1, -0.05) is 0 Å². The van der Waals surface area contributed by atoms with Crippen molar-refractivity contribution in [3.8, 4) is 5.75 Å². The fourth-order valence-electron chi connectivity index (χ4n) is 2.23. The van der Waals surface area contributed by atoms with Crippen molar-refractivity contribution >= 4 is 5.69 Å². The Bertz CT molecular complexity index is 469. The number of benzene rings is 1. The third kappa shape index (κ3) is 3.68. The highest BCUT2D eigenvalue weighted by Crippen LogP contribution is 2.29. The standard InChI is InChI=1S/C14H19NO5/c1-10(16)13-8-11(15(17)18)5-6-14(13)20-9-12-4-2-3-7-19-12/h5-6,8,10,12,16H,2-4,7,9H2,1H3/t10-,12?/m1/s1. The lowest BCUT2D eigenvalue weighted by molar-refractivity contribution is -0.385. The Morgan fingerprint density at radius 3 is 2.95 bits per heavy atom. The molecular weight excluding hydrogens is 262 g/mol. The molecule has 0 spiro atoms. The summed E-state index contributed by atoms with van der Waals surface area (Å²) in [6.45, 7) is 2.71. The van der Waals surface area contributed by atoms with Gasteiger partial charge in [0, 0.05) is 24.3 Å². The highest BCUT2D eigenvalue weighted by atomic mass is 16.6. The zero-order chi connectivity index (χ0) is 14.5. The van der Waals surface area contributed by atoms with Crippen molar-refractivity contribution in [3.05, 3.63) is 33.9 Å². The van der Waals surface area contributed by atoms with Gasteiger partial charge in [0.05, 0.1) is 17.1 Å². The van der Waals surface area contributed by atoms with Gasteiger partial charge in [-0.2, -0.15) is 0 Å². The van der Waals surface area contributed by atoms with Crippen LogP contribution in [0.5, 0.6) is 5.75 Å². The van der Waals surface area contributed by atoms with Crippen LogP contribution in [0.4, 0.5) is 5.69 Å². The van der Waals surface area contributed by atoms with Crippen LogP contribution in [0.1, 0.15) is 37.9 Å². The first kappa shape index (κ1) is 14.7. The first-order valence-electron chi connectivity index (χ1n) is 6.78. The molecule has 2 atom stereocenters. The monoisotopic (exact) mass is 281 g/mol. The molecule has 1 aromatic carbocycles. The summed E-state index contributed by atoms with van der Waals surface area (Å²) in [6, 6.07) is 4.26. The van der Waals surface area contributed by atoms with Gasteiger partial charge in [0.25, 0.3) is 5.69 Å². The van der Waals surface area contributed by atoms with E-state index in [2.05, 4.69) is 0 Å². The quantitative estimate of drug-likeness (QED) is 0.662. The van der Waals surface area contributed by atoms with E-state index in [0.29, 0.717) is 17.9 Å². The molecule has 6 nitrogen and oxygen atoms in total. The summed E-state index contributed by atoms with van der Waals surface area (Å²) in [6.07, 6.45) is 2.39. The van der Waals surface area contributed by atoms with Gasteiger partial charge in [-0.05, 0) is 32.3 Å². The van der Waals surface area contributed by atoms with Gasteiger partial charge in [-0.3, -0.25) is 10.1 Å². The molecule has 0 bridgehead atoms. The summed E-state index contributed by atoms with van der Waals surface area (Å²) < 4.78 is 11.2. The number of aliphatic hydroxyl groups is 1. The van der Waals surface area contributed by atoms with Crippen molar-refractivity contribution in [1.82, 2.24) is 0 Å². The molecule has 0 aromatic heterocycles. The normalized spacial score (nSPS) is 20.4. The van der Waals surface area contributed by atoms with Gasteiger partial charge in [0.2, 0.25) is 0 Å². The van der Waals surface area contributed by atoms with Crippen molar-refractivity contribution in [1.29, 1.82) is 0 Å². The molecule has 0 aliphatic carbocycles. The molecular formula is C14H19NO5. The minimum Gasteiger partial charge on any atom is -0.490 e. The maximum absolute atomic E-state index is 10.8. The van der Waals surface area contributed by atoms with Crippen LogP contribution in [0.3, 0.4) is 0 Å². The second-order valence-corrected chi connectivity index (χ2v) is 4.95. The zero-order valence-corrected chi connectivity index (χ0v) is 11.4. The third-order valence-electron chi connectivity index (χ3n) is 3.35. The molecule has 1 unspecified atom stereocenters. The van der Waals surface area contributed by atoms with Gasteiger partial charge in [-0.25, -0.2) is 0 Å². The topological polar surface area (TPSA) is 81.8 Å². The molecule has 1 aliphatic heterocycles. The number of rotatable bonds is 5. The smallest absolute Gasteiger partial charge is 0.270 e. The molecule has 20 heavy (non-hydrogen) atoms. The average molecular weight is 281 g/mol. The van der Waals surface area contributed by atoms with Gasteiger partial charge >= 0.3 is 0 Å². The molecule has 1 saturated heterocycles. The molecule has 0 radical (unpaired) electrons. The van der Waals surface area contributed by atoms with Crippen LogP contribution < -0.4 is 4.74 Å². The highest BCUT2D eigenvalue weighted by Gasteiger charge is 2.18. The number of nitro groups is 1. The summed E-state index contributed by atoms with van der Waals surface area (Å²) >= 11 is 0. The molecule has 1 aromatic rings. The fraction of sp³-hybridized carbons (Fsp3) is 0.571. The average Bonchev–Trinajstić information content (AvgIpc) is 2.45. The van der Waals surface area contributed by atoms with Gasteiger partial charge in [0.1, 0.15) is 12.4 Å². The Kier molecular flexibility index (Phi) is 4.92. The lowest BCUT2D eigenvalue weighted by Gasteiger charge is -2.23. The molecule has 0 amide bonds. The lowest BCUT2D eigenvalue weighted by atomic mass is 10.1. The van der Waals surface area contributed by atoms with Crippen molar-refractivity contribution in [2.24, 2.45) is 0 Å². The van der Waals surface area contributed by atoms with E-state index in [9.17, 15) is 15.2 Å². The van der Waals surface area contributed by atoms with Gasteiger partial charge in [0.15, 0.2) is 0 Å². The minimum absolute atomic E-state index is 0.0535. The van der Waals surface area contributed by atoms with Crippen LogP contribution >= 0.6 is 0 Å². The number of aliphatic hydroxyl groups excluding tert-OH is 1. The van der Waals surface area contributed by atoms with E-state index in [1.807, 2.05) is 0 Å². The molecule has 1 N–H and O–H groups in total. The minimum atomic E-state index is -0.822. The second-order valence-electron chi connectivity index (χ2n) is 4.95. The van der Waals surface area contributed by atoms with Crippen LogP contribution in [0.25, 0.3) is 0 Å². The van der Waals surface area contributed by atoms with E-state index >= 15 is 0 Å². The van der Waals surface area contributed by atoms with E-state index in [1.165, 1.54) is 18.2 Å². The Morgan fingerprint density at radius 2 is 2.35 bits per heavy atom. The Hall–Kier alpha value is -1.66. The van der Waals surface area contributed by atoms with Crippen molar-refractivity contribution in [3.63, 3.8) is 0 Å². The first-order valence-corrected chi connectivity index (χ1v) is 6.78. The fourth-order valence-corrected chi connectivity index (χ4v) is 2.23. The van der Waals surface area contributed by atoms with E-state index in [-0.39, 0.29) is 11.8 Å². The summed E-state index contributed by atoms with van der Waals surface area (Å²) in [5.41, 5.74) is 0.372. The van der Waals surface area contributed by atoms with Crippen molar-refractivity contribution in [2.45, 2.75) is 38.4 Å². The SMILES string of the molecule is C[C@@H](O)c1cc([N+](=O)[O-])ccc1OCC1CCCCO1. The van der Waals surface area contributed by atoms with Gasteiger partial charge in [-0.15, -0.1) is 0 Å². The predicted octanol–water partition coefficient (Wildman–Crippen LogP) is 2.60. The molecule has 1 fully saturated rings. The molecule has 0 saturated carbocycles. The molecule has 6 heteroatoms. The van der Waals surface area contributed by atoms with E-state index < -0.39 is 11.0 Å². The van der Waals surface area contributed by atoms with Gasteiger partial charge < -0.3 is 14.6 Å². The van der Waals surface area contributed by atoms with Crippen molar-refractivity contribution < 1.29 is 19.5 Å². The summed E-state index contributed by atoms with van der Waals surface area (Å²) in [5, 5.41) is 20.5. The number of nitrogens with zero attached hydrogens (tertiary/aromatic N) is 1. The summed E-state index contributed by atoms with van der Waals surface area (Å²) in [4.78, 5) is 10.3. The van der Waals surface area contributed by atoms with Crippen LogP contribution in [0.15, 0.2) is 18.2 Å². The maximum atomic E-state index is 10.8. The molecule has 2 rings (SSSR count). The van der Waals surface area contributed by atoms with Crippen LogP contribution in [-0.2, 0) is 4.74 Å². The number of hydrogen-bond acceptors (Lipinski definition) is 5. The number of hydrogen-bond donors (Lipinski definition) is 1. The highest BCUT2D eigenvalue weighted by molar-refractivity contribution is 5.44. The number of ether oxygens (including phenoxy) is 2. The zero-order valence-electron chi connectivity index (χ0n) is 11.4. The van der Waals surface area contributed by atoms with Crippen molar-refractivity contribution in [2.75, 3.05) is 13.2 Å². The Labute approximate surface area is 117 Å². The van der Waals surface area contributed by atoms with Crippen LogP contribution in [0.2, 0.25) is 0 Å². The first-order chi connectivity index (χ1) is 9.58. The van der Waals surface area contributed by atoms with E-state index in [1.54, 1.807) is 6.92 Å². The number of non-ortho nitro benzene ring substituents is 1. The Balaban J connectivity index is 2.07. The van der Waals surface area contributed by atoms with Crippen LogP contribution in [-0.4, -0.2) is 29.3 Å². The second kappa shape index (κ2) is 6.67. The van der Waals surface area contributed by atoms with E-state index in [4.69, 9.17) is 9.47 Å². The third-order valence-corrected chi connectivity index (χ3v) is 3.35. The summed E-state index contributed by atoms with van der Waals surface area (Å²) in [7, 11) is 0. The number of nitro benzene ring substituents is 1. The summed E-state index contributed by atoms with van der Waals surface area (Å²) in [5.74, 6) is 0.472. The van der Waals surface area contributed by atoms with Crippen LogP contribution in [0, 0.1) is 10.1 Å². The lowest BCUT2D eigenvalue weighted by Crippen LogP contribution is -2.26. The largest absolute Gasteiger partial charge is 0.490 e. The molecule has 1 heterocycles. The predicted molar refractivity (Wildman–Crippen MR) is 72.8 cm³/mol. The van der Waals surface area contributed by atoms with E-state index in [0.717, 1.165) is 25.9 Å². The molecule has 1 aliphatic rings. The maximum Gasteiger partial charge on any atom is 0.270 e. The Morgan fingerprint density at radius 1 is 1.55 bits per heavy atom. The molecule has 110 valence electrons.